The normalized spacial score (nSPS) is 16.0. The first kappa shape index (κ1) is 17.0. The van der Waals surface area contributed by atoms with Gasteiger partial charge in [0.05, 0.1) is 0 Å². The van der Waals surface area contributed by atoms with E-state index in [1.807, 2.05) is 42.5 Å². The topological polar surface area (TPSA) is 54.4 Å². The van der Waals surface area contributed by atoms with Crippen LogP contribution in [-0.4, -0.2) is 23.5 Å². The van der Waals surface area contributed by atoms with Gasteiger partial charge in [0.1, 0.15) is 6.10 Å². The predicted molar refractivity (Wildman–Crippen MR) is 90.6 cm³/mol. The van der Waals surface area contributed by atoms with Crippen molar-refractivity contribution in [3.8, 4) is 11.1 Å². The predicted octanol–water partition coefficient (Wildman–Crippen LogP) is 3.78. The van der Waals surface area contributed by atoms with Gasteiger partial charge in [-0.2, -0.15) is 0 Å². The van der Waals surface area contributed by atoms with Gasteiger partial charge in [-0.05, 0) is 23.6 Å². The van der Waals surface area contributed by atoms with Crippen LogP contribution in [0.3, 0.4) is 0 Å². The van der Waals surface area contributed by atoms with Gasteiger partial charge in [0.2, 0.25) is 0 Å². The standard InChI is InChI=1S/C17H19ClO3S/c1-3-22(20,21)17(2,18)16(19)15-11-9-14(10-12-15)13-7-5-4-6-8-13/h4-12,16,19H,3H2,1-2H3/t16-,17-/m1/s1. The van der Waals surface area contributed by atoms with Crippen molar-refractivity contribution >= 4 is 21.4 Å². The Morgan fingerprint density at radius 3 is 2.05 bits per heavy atom. The van der Waals surface area contributed by atoms with Crippen molar-refractivity contribution in [1.82, 2.24) is 0 Å². The fourth-order valence-electron chi connectivity index (χ4n) is 2.24. The molecule has 0 saturated carbocycles. The quantitative estimate of drug-likeness (QED) is 0.844. The summed E-state index contributed by atoms with van der Waals surface area (Å²) in [5.74, 6) is -0.119. The van der Waals surface area contributed by atoms with Crippen LogP contribution in [0.1, 0.15) is 25.5 Å². The molecule has 0 aromatic heterocycles. The molecule has 1 N–H and O–H groups in total. The highest BCUT2D eigenvalue weighted by Crippen LogP contribution is 2.37. The second-order valence-electron chi connectivity index (χ2n) is 5.28. The van der Waals surface area contributed by atoms with Crippen LogP contribution in [0, 0.1) is 0 Å². The van der Waals surface area contributed by atoms with Crippen molar-refractivity contribution in [1.29, 1.82) is 0 Å². The molecule has 0 spiro atoms. The molecule has 0 bridgehead atoms. The van der Waals surface area contributed by atoms with Gasteiger partial charge in [-0.3, -0.25) is 0 Å². The van der Waals surface area contributed by atoms with E-state index in [-0.39, 0.29) is 5.75 Å². The van der Waals surface area contributed by atoms with E-state index in [1.165, 1.54) is 13.8 Å². The Morgan fingerprint density at radius 1 is 1.05 bits per heavy atom. The molecule has 0 fully saturated rings. The third-order valence-electron chi connectivity index (χ3n) is 3.81. The number of hydrogen-bond acceptors (Lipinski definition) is 3. The lowest BCUT2D eigenvalue weighted by molar-refractivity contribution is 0.162. The van der Waals surface area contributed by atoms with E-state index < -0.39 is 20.1 Å². The third kappa shape index (κ3) is 3.19. The summed E-state index contributed by atoms with van der Waals surface area (Å²) >= 11 is 6.13. The molecule has 0 aliphatic carbocycles. The first-order valence-electron chi connectivity index (χ1n) is 7.04. The maximum atomic E-state index is 12.0. The Bertz CT molecular complexity index is 722. The lowest BCUT2D eigenvalue weighted by Crippen LogP contribution is -2.37. The zero-order valence-corrected chi connectivity index (χ0v) is 14.1. The zero-order chi connectivity index (χ0) is 16.4. The summed E-state index contributed by atoms with van der Waals surface area (Å²) in [5, 5.41) is 10.4. The second-order valence-corrected chi connectivity index (χ2v) is 8.94. The zero-order valence-electron chi connectivity index (χ0n) is 12.5. The molecule has 0 aliphatic heterocycles. The minimum atomic E-state index is -3.59. The summed E-state index contributed by atoms with van der Waals surface area (Å²) in [4.78, 5) is 0. The molecule has 0 aliphatic rings. The maximum Gasteiger partial charge on any atom is 0.172 e. The molecular weight excluding hydrogens is 320 g/mol. The van der Waals surface area contributed by atoms with Gasteiger partial charge in [0.25, 0.3) is 0 Å². The number of rotatable bonds is 5. The van der Waals surface area contributed by atoms with Crippen LogP contribution in [0.25, 0.3) is 11.1 Å². The first-order chi connectivity index (χ1) is 10.3. The number of halogens is 1. The molecule has 0 unspecified atom stereocenters. The molecule has 2 rings (SSSR count). The highest BCUT2D eigenvalue weighted by atomic mass is 35.5. The third-order valence-corrected chi connectivity index (χ3v) is 6.92. The fraction of sp³-hybridized carbons (Fsp3) is 0.294. The maximum absolute atomic E-state index is 12.0. The molecule has 2 aromatic rings. The molecule has 2 aromatic carbocycles. The monoisotopic (exact) mass is 338 g/mol. The van der Waals surface area contributed by atoms with Gasteiger partial charge in [0.15, 0.2) is 14.0 Å². The van der Waals surface area contributed by atoms with Gasteiger partial charge < -0.3 is 5.11 Å². The lowest BCUT2D eigenvalue weighted by Gasteiger charge is -2.27. The highest BCUT2D eigenvalue weighted by molar-refractivity contribution is 7.94. The van der Waals surface area contributed by atoms with Crippen LogP contribution < -0.4 is 0 Å². The van der Waals surface area contributed by atoms with Crippen molar-refractivity contribution in [2.24, 2.45) is 0 Å². The molecule has 5 heteroatoms. The number of sulfone groups is 1. The summed E-state index contributed by atoms with van der Waals surface area (Å²) in [6, 6.07) is 16.9. The first-order valence-corrected chi connectivity index (χ1v) is 9.07. The SMILES string of the molecule is CCS(=O)(=O)[C@@](C)(Cl)[C@H](O)c1ccc(-c2ccccc2)cc1. The van der Waals surface area contributed by atoms with E-state index in [0.29, 0.717) is 5.56 Å². The van der Waals surface area contributed by atoms with Crippen molar-refractivity contribution < 1.29 is 13.5 Å². The highest BCUT2D eigenvalue weighted by Gasteiger charge is 2.43. The second kappa shape index (κ2) is 6.41. The van der Waals surface area contributed by atoms with Gasteiger partial charge >= 0.3 is 0 Å². The number of benzene rings is 2. The molecule has 0 amide bonds. The average Bonchev–Trinajstić information content (AvgIpc) is 2.55. The number of alkyl halides is 1. The molecule has 22 heavy (non-hydrogen) atoms. The van der Waals surface area contributed by atoms with E-state index in [4.69, 9.17) is 11.6 Å². The summed E-state index contributed by atoms with van der Waals surface area (Å²) in [6.07, 6.45) is -1.29. The molecule has 2 atom stereocenters. The number of aliphatic hydroxyl groups is 1. The Kier molecular flexibility index (Phi) is 4.95. The van der Waals surface area contributed by atoms with Crippen molar-refractivity contribution in [2.75, 3.05) is 5.75 Å². The average molecular weight is 339 g/mol. The van der Waals surface area contributed by atoms with Gasteiger partial charge in [-0.15, -0.1) is 0 Å². The molecule has 3 nitrogen and oxygen atoms in total. The van der Waals surface area contributed by atoms with E-state index >= 15 is 0 Å². The van der Waals surface area contributed by atoms with E-state index in [1.54, 1.807) is 12.1 Å². The minimum Gasteiger partial charge on any atom is -0.385 e. The largest absolute Gasteiger partial charge is 0.385 e. The summed E-state index contributed by atoms with van der Waals surface area (Å²) in [6.45, 7) is 2.85. The fourth-order valence-corrected chi connectivity index (χ4v) is 3.73. The summed E-state index contributed by atoms with van der Waals surface area (Å²) < 4.78 is 22.3. The summed E-state index contributed by atoms with van der Waals surface area (Å²) in [7, 11) is -3.59. The summed E-state index contributed by atoms with van der Waals surface area (Å²) in [5.41, 5.74) is 2.53. The molecule has 0 saturated heterocycles. The number of aliphatic hydroxyl groups excluding tert-OH is 1. The van der Waals surface area contributed by atoms with Crippen molar-refractivity contribution in [2.45, 2.75) is 24.2 Å². The Labute approximate surface area is 136 Å². The van der Waals surface area contributed by atoms with Crippen LogP contribution in [0.4, 0.5) is 0 Å². The van der Waals surface area contributed by atoms with Gasteiger partial charge in [-0.1, -0.05) is 73.1 Å². The Hall–Kier alpha value is -1.36. The molecule has 0 heterocycles. The van der Waals surface area contributed by atoms with E-state index in [9.17, 15) is 13.5 Å². The molecular formula is C17H19ClO3S. The Balaban J connectivity index is 2.31. The van der Waals surface area contributed by atoms with Gasteiger partial charge in [-0.25, -0.2) is 8.42 Å². The lowest BCUT2D eigenvalue weighted by atomic mass is 10.0. The van der Waals surface area contributed by atoms with Crippen LogP contribution in [-0.2, 0) is 9.84 Å². The van der Waals surface area contributed by atoms with Crippen LogP contribution in [0.2, 0.25) is 0 Å². The molecule has 118 valence electrons. The van der Waals surface area contributed by atoms with Crippen molar-refractivity contribution in [3.05, 3.63) is 60.2 Å². The van der Waals surface area contributed by atoms with Gasteiger partial charge in [0, 0.05) is 5.75 Å². The van der Waals surface area contributed by atoms with Crippen LogP contribution in [0.15, 0.2) is 54.6 Å². The molecule has 0 radical (unpaired) electrons. The number of hydrogen-bond donors (Lipinski definition) is 1. The van der Waals surface area contributed by atoms with Crippen LogP contribution in [0.5, 0.6) is 0 Å². The van der Waals surface area contributed by atoms with Crippen LogP contribution >= 0.6 is 11.6 Å². The van der Waals surface area contributed by atoms with E-state index in [0.717, 1.165) is 11.1 Å². The smallest absolute Gasteiger partial charge is 0.172 e. The van der Waals surface area contributed by atoms with E-state index in [2.05, 4.69) is 0 Å². The minimum absolute atomic E-state index is 0.119. The Morgan fingerprint density at radius 2 is 1.55 bits per heavy atom. The van der Waals surface area contributed by atoms with Crippen molar-refractivity contribution in [3.63, 3.8) is 0 Å².